The Balaban J connectivity index is 2.54. The van der Waals surface area contributed by atoms with E-state index in [-0.39, 0.29) is 0 Å². The first-order valence-corrected chi connectivity index (χ1v) is 6.27. The van der Waals surface area contributed by atoms with Gasteiger partial charge in [-0.2, -0.15) is 5.10 Å². The molecule has 1 heterocycles. The lowest BCUT2D eigenvalue weighted by Crippen LogP contribution is -2.04. The third-order valence-corrected chi connectivity index (χ3v) is 3.33. The predicted octanol–water partition coefficient (Wildman–Crippen LogP) is 3.64. The molecule has 3 heteroatoms. The number of aryl methyl sites for hydroxylation is 1. The molecule has 0 bridgehead atoms. The van der Waals surface area contributed by atoms with Gasteiger partial charge in [-0.15, -0.1) is 0 Å². The lowest BCUT2D eigenvalue weighted by molar-refractivity contribution is 0.112. The number of benzene rings is 1. The van der Waals surface area contributed by atoms with E-state index in [1.807, 2.05) is 42.1 Å². The van der Waals surface area contributed by atoms with Crippen LogP contribution in [0.25, 0.3) is 11.3 Å². The number of carbonyl (C=O) groups excluding carboxylic acids is 1. The molecule has 0 spiro atoms. The summed E-state index contributed by atoms with van der Waals surface area (Å²) >= 11 is 0. The number of aldehydes is 1. The van der Waals surface area contributed by atoms with Crippen LogP contribution in [-0.2, 0) is 0 Å². The van der Waals surface area contributed by atoms with Crippen LogP contribution >= 0.6 is 0 Å². The SMILES string of the molecule is CCC(C)n1cc(C=O)c(-c2ccccc2C)n1. The van der Waals surface area contributed by atoms with Gasteiger partial charge in [0.15, 0.2) is 6.29 Å². The molecule has 2 aromatic rings. The summed E-state index contributed by atoms with van der Waals surface area (Å²) in [6.07, 6.45) is 3.71. The molecule has 1 unspecified atom stereocenters. The van der Waals surface area contributed by atoms with Crippen molar-refractivity contribution < 1.29 is 4.79 Å². The fourth-order valence-electron chi connectivity index (χ4n) is 1.95. The highest BCUT2D eigenvalue weighted by Gasteiger charge is 2.14. The van der Waals surface area contributed by atoms with Crippen molar-refractivity contribution in [3.05, 3.63) is 41.6 Å². The average molecular weight is 242 g/mol. The highest BCUT2D eigenvalue weighted by atomic mass is 16.1. The number of carbonyl (C=O) groups is 1. The lowest BCUT2D eigenvalue weighted by Gasteiger charge is -2.08. The maximum absolute atomic E-state index is 11.2. The van der Waals surface area contributed by atoms with Crippen LogP contribution in [0.4, 0.5) is 0 Å². The molecule has 0 N–H and O–H groups in total. The summed E-state index contributed by atoms with van der Waals surface area (Å²) in [6.45, 7) is 6.25. The molecular formula is C15H18N2O. The Hall–Kier alpha value is -1.90. The predicted molar refractivity (Wildman–Crippen MR) is 72.8 cm³/mol. The molecule has 0 aliphatic carbocycles. The van der Waals surface area contributed by atoms with Crippen molar-refractivity contribution >= 4 is 6.29 Å². The molecule has 94 valence electrons. The van der Waals surface area contributed by atoms with Crippen molar-refractivity contribution in [1.82, 2.24) is 9.78 Å². The minimum Gasteiger partial charge on any atom is -0.298 e. The summed E-state index contributed by atoms with van der Waals surface area (Å²) in [5.74, 6) is 0. The van der Waals surface area contributed by atoms with Gasteiger partial charge in [0.1, 0.15) is 5.69 Å². The van der Waals surface area contributed by atoms with Gasteiger partial charge in [-0.3, -0.25) is 9.48 Å². The monoisotopic (exact) mass is 242 g/mol. The van der Waals surface area contributed by atoms with Gasteiger partial charge in [0.2, 0.25) is 0 Å². The second kappa shape index (κ2) is 5.17. The highest BCUT2D eigenvalue weighted by molar-refractivity contribution is 5.86. The van der Waals surface area contributed by atoms with Gasteiger partial charge in [-0.05, 0) is 25.8 Å². The number of nitrogens with zero attached hydrogens (tertiary/aromatic N) is 2. The van der Waals surface area contributed by atoms with E-state index in [1.165, 1.54) is 0 Å². The van der Waals surface area contributed by atoms with Gasteiger partial charge in [-0.25, -0.2) is 0 Å². The van der Waals surface area contributed by atoms with Crippen molar-refractivity contribution in [2.45, 2.75) is 33.2 Å². The molecule has 0 fully saturated rings. The fourth-order valence-corrected chi connectivity index (χ4v) is 1.95. The second-order valence-electron chi connectivity index (χ2n) is 4.60. The number of hydrogen-bond donors (Lipinski definition) is 0. The van der Waals surface area contributed by atoms with Gasteiger partial charge < -0.3 is 0 Å². The van der Waals surface area contributed by atoms with Crippen LogP contribution in [-0.4, -0.2) is 16.1 Å². The first-order chi connectivity index (χ1) is 8.67. The summed E-state index contributed by atoms with van der Waals surface area (Å²) in [5, 5.41) is 4.57. The first kappa shape index (κ1) is 12.6. The van der Waals surface area contributed by atoms with Crippen molar-refractivity contribution in [3.8, 4) is 11.3 Å². The van der Waals surface area contributed by atoms with Crippen LogP contribution in [0.5, 0.6) is 0 Å². The van der Waals surface area contributed by atoms with Gasteiger partial charge in [0.25, 0.3) is 0 Å². The van der Waals surface area contributed by atoms with Crippen molar-refractivity contribution in [2.24, 2.45) is 0 Å². The van der Waals surface area contributed by atoms with Gasteiger partial charge in [0.05, 0.1) is 5.56 Å². The standard InChI is InChI=1S/C15H18N2O/c1-4-12(3)17-9-13(10-18)15(16-17)14-8-6-5-7-11(14)2/h5-10,12H,4H2,1-3H3. The van der Waals surface area contributed by atoms with Crippen LogP contribution in [0.1, 0.15) is 42.2 Å². The average Bonchev–Trinajstić information content (AvgIpc) is 2.82. The topological polar surface area (TPSA) is 34.9 Å². The smallest absolute Gasteiger partial charge is 0.153 e. The maximum atomic E-state index is 11.2. The molecule has 1 aromatic carbocycles. The molecule has 0 saturated heterocycles. The summed E-state index contributed by atoms with van der Waals surface area (Å²) < 4.78 is 1.88. The summed E-state index contributed by atoms with van der Waals surface area (Å²) in [6, 6.07) is 8.31. The van der Waals surface area contributed by atoms with E-state index in [0.717, 1.165) is 29.5 Å². The molecule has 1 aromatic heterocycles. The summed E-state index contributed by atoms with van der Waals surface area (Å²) in [4.78, 5) is 11.2. The molecule has 0 amide bonds. The second-order valence-corrected chi connectivity index (χ2v) is 4.60. The molecular weight excluding hydrogens is 224 g/mol. The van der Waals surface area contributed by atoms with E-state index in [0.29, 0.717) is 11.6 Å². The third-order valence-electron chi connectivity index (χ3n) is 3.33. The van der Waals surface area contributed by atoms with Crippen LogP contribution in [0, 0.1) is 6.92 Å². The molecule has 2 rings (SSSR count). The van der Waals surface area contributed by atoms with E-state index in [1.54, 1.807) is 0 Å². The van der Waals surface area contributed by atoms with E-state index >= 15 is 0 Å². The zero-order valence-corrected chi connectivity index (χ0v) is 11.1. The Kier molecular flexibility index (Phi) is 3.60. The highest BCUT2D eigenvalue weighted by Crippen LogP contribution is 2.25. The quantitative estimate of drug-likeness (QED) is 0.767. The van der Waals surface area contributed by atoms with Crippen LogP contribution in [0.15, 0.2) is 30.5 Å². The normalized spacial score (nSPS) is 12.4. The zero-order valence-electron chi connectivity index (χ0n) is 11.1. The van der Waals surface area contributed by atoms with E-state index in [4.69, 9.17) is 0 Å². The van der Waals surface area contributed by atoms with Crippen molar-refractivity contribution in [2.75, 3.05) is 0 Å². The minimum absolute atomic E-state index is 0.307. The van der Waals surface area contributed by atoms with Gasteiger partial charge in [0, 0.05) is 17.8 Å². The minimum atomic E-state index is 0.307. The van der Waals surface area contributed by atoms with E-state index in [2.05, 4.69) is 18.9 Å². The molecule has 3 nitrogen and oxygen atoms in total. The Morgan fingerprint density at radius 3 is 2.72 bits per heavy atom. The molecule has 1 atom stereocenters. The Morgan fingerprint density at radius 2 is 2.11 bits per heavy atom. The van der Waals surface area contributed by atoms with E-state index in [9.17, 15) is 4.79 Å². The number of hydrogen-bond acceptors (Lipinski definition) is 2. The van der Waals surface area contributed by atoms with Crippen LogP contribution < -0.4 is 0 Å². The summed E-state index contributed by atoms with van der Waals surface area (Å²) in [5.41, 5.74) is 3.60. The van der Waals surface area contributed by atoms with Gasteiger partial charge in [-0.1, -0.05) is 31.2 Å². The molecule has 0 aliphatic rings. The summed E-state index contributed by atoms with van der Waals surface area (Å²) in [7, 11) is 0. The molecule has 0 radical (unpaired) electrons. The zero-order chi connectivity index (χ0) is 13.1. The Morgan fingerprint density at radius 1 is 1.39 bits per heavy atom. The Bertz CT molecular complexity index is 557. The van der Waals surface area contributed by atoms with Crippen molar-refractivity contribution in [1.29, 1.82) is 0 Å². The molecule has 18 heavy (non-hydrogen) atoms. The molecule has 0 aliphatic heterocycles. The number of aromatic nitrogens is 2. The lowest BCUT2D eigenvalue weighted by atomic mass is 10.0. The van der Waals surface area contributed by atoms with Crippen LogP contribution in [0.3, 0.4) is 0 Å². The van der Waals surface area contributed by atoms with Crippen LogP contribution in [0.2, 0.25) is 0 Å². The maximum Gasteiger partial charge on any atom is 0.153 e. The first-order valence-electron chi connectivity index (χ1n) is 6.27. The molecule has 0 saturated carbocycles. The van der Waals surface area contributed by atoms with Crippen molar-refractivity contribution in [3.63, 3.8) is 0 Å². The third kappa shape index (κ3) is 2.21. The van der Waals surface area contributed by atoms with Gasteiger partial charge >= 0.3 is 0 Å². The largest absolute Gasteiger partial charge is 0.298 e. The Labute approximate surface area is 107 Å². The van der Waals surface area contributed by atoms with E-state index < -0.39 is 0 Å². The fraction of sp³-hybridized carbons (Fsp3) is 0.333. The number of rotatable bonds is 4.